The summed E-state index contributed by atoms with van der Waals surface area (Å²) < 4.78 is 1.62. The molecule has 0 fully saturated rings. The van der Waals surface area contributed by atoms with Gasteiger partial charge in [0.2, 0.25) is 0 Å². The van der Waals surface area contributed by atoms with Gasteiger partial charge in [0.05, 0.1) is 0 Å². The molecule has 0 aromatic rings. The molecular weight excluding hydrogens is 105 g/mol. The van der Waals surface area contributed by atoms with Gasteiger partial charge in [0.15, 0.2) is 0 Å². The van der Waals surface area contributed by atoms with Gasteiger partial charge in [-0.2, -0.15) is 0 Å². The van der Waals surface area contributed by atoms with Gasteiger partial charge >= 0.3 is 27.1 Å². The van der Waals surface area contributed by atoms with E-state index in [1.165, 1.54) is 0 Å². The van der Waals surface area contributed by atoms with E-state index in [4.69, 9.17) is 4.79 Å². The molecule has 0 aromatic heterocycles. The van der Waals surface area contributed by atoms with Crippen molar-refractivity contribution < 1.29 is 22.6 Å². The average molecular weight is 108 g/mol. The number of hydrogen-bond donors (Lipinski definition) is 0. The predicted octanol–water partition coefficient (Wildman–Crippen LogP) is 0.0507. The summed E-state index contributed by atoms with van der Waals surface area (Å²) in [6, 6.07) is 0. The van der Waals surface area contributed by atoms with Gasteiger partial charge in [-0.1, -0.05) is 0 Å². The van der Waals surface area contributed by atoms with Crippen molar-refractivity contribution in [2.45, 2.75) is 0 Å². The monoisotopic (exact) mass is 107 g/mol. The fourth-order valence-corrected chi connectivity index (χ4v) is 0. The zero-order valence-electron chi connectivity index (χ0n) is 2.62. The minimum Gasteiger partial charge on any atom is -0.358 e. The second-order valence-corrected chi connectivity index (χ2v) is 0.750. The van der Waals surface area contributed by atoms with Crippen LogP contribution < -0.4 is 0 Å². The van der Waals surface area contributed by atoms with Gasteiger partial charge in [-0.3, -0.25) is 0 Å². The fourth-order valence-electron chi connectivity index (χ4n) is 0. The minimum absolute atomic E-state index is 0. The quantitative estimate of drug-likeness (QED) is 0.317. The van der Waals surface area contributed by atoms with Crippen LogP contribution in [-0.2, 0) is 22.6 Å². The molecule has 20 valence electrons. The van der Waals surface area contributed by atoms with E-state index in [9.17, 15) is 0 Å². The Morgan fingerprint density at radius 3 is 1.75 bits per heavy atom. The zero-order chi connectivity index (χ0) is 2.71. The van der Waals surface area contributed by atoms with Crippen molar-refractivity contribution in [3.63, 3.8) is 0 Å². The van der Waals surface area contributed by atoms with Crippen LogP contribution in [0.2, 0.25) is 0 Å². The molecule has 0 saturated carbocycles. The van der Waals surface area contributed by atoms with Gasteiger partial charge in [-0.05, 0) is 0 Å². The molecule has 0 radical (unpaired) electrons. The number of hydrogen-bond acceptors (Lipinski definition) is 1. The first-order valence-corrected chi connectivity index (χ1v) is 2.04. The Morgan fingerprint density at radius 2 is 1.75 bits per heavy atom. The molecule has 0 bridgehead atoms. The van der Waals surface area contributed by atoms with Crippen LogP contribution >= 0.6 is 0 Å². The third kappa shape index (κ3) is 77.1. The van der Waals surface area contributed by atoms with Gasteiger partial charge in [0, 0.05) is 0 Å². The van der Waals surface area contributed by atoms with E-state index in [1.807, 2.05) is 0 Å². The standard InChI is InChI=1S/CO.CH3.Zn/c1-2;;/h;1H3;/q;-1;. The molecule has 0 spiro atoms. The van der Waals surface area contributed by atoms with E-state index < -0.39 is 0 Å². The molecule has 0 amide bonds. The summed E-state index contributed by atoms with van der Waals surface area (Å²) in [4.78, 5) is 8.74. The Kier molecular flexibility index (Phi) is 23.9. The Morgan fingerprint density at radius 1 is 1.75 bits per heavy atom. The molecule has 0 rings (SSSR count). The molecule has 0 saturated heterocycles. The molecule has 0 N–H and O–H groups in total. The molecule has 0 aliphatic carbocycles. The van der Waals surface area contributed by atoms with Crippen LogP contribution in [0.5, 0.6) is 0 Å². The van der Waals surface area contributed by atoms with Crippen LogP contribution in [-0.4, -0.2) is 4.47 Å². The Balaban J connectivity index is 0. The topological polar surface area (TPSA) is 17.1 Å². The first-order chi connectivity index (χ1) is 1.41. The summed E-state index contributed by atoms with van der Waals surface area (Å²) in [6.07, 6.45) is 0. The molecule has 0 unspecified atom stereocenters. The van der Waals surface area contributed by atoms with Crippen LogP contribution in [0.15, 0.2) is 0 Å². The van der Waals surface area contributed by atoms with Crippen LogP contribution in [0.1, 0.15) is 0 Å². The maximum Gasteiger partial charge on any atom is -0.358 e. The van der Waals surface area contributed by atoms with E-state index in [2.05, 4.69) is 0 Å². The van der Waals surface area contributed by atoms with Crippen molar-refractivity contribution in [1.29, 1.82) is 0 Å². The predicted molar refractivity (Wildman–Crippen MR) is 12.1 cm³/mol. The molecule has 1 nitrogen and oxygen atoms in total. The summed E-state index contributed by atoms with van der Waals surface area (Å²) in [5, 5.41) is 0. The average Bonchev–Trinajstić information content (AvgIpc) is 0.918. The van der Waals surface area contributed by atoms with Crippen LogP contribution in [0, 0.1) is 7.43 Å². The molecule has 0 aromatic carbocycles. The number of rotatable bonds is 0. The largest absolute Gasteiger partial charge is 0.358 e. The second-order valence-electron chi connectivity index (χ2n) is 0.144. The smallest absolute Gasteiger partial charge is 0.358 e. The molecule has 0 atom stereocenters. The van der Waals surface area contributed by atoms with Crippen molar-refractivity contribution in [2.24, 2.45) is 0 Å². The van der Waals surface area contributed by atoms with Crippen molar-refractivity contribution in [2.75, 3.05) is 0 Å². The Hall–Kier alpha value is 0.203. The molecule has 2 heteroatoms. The van der Waals surface area contributed by atoms with Crippen LogP contribution in [0.4, 0.5) is 0 Å². The third-order valence-corrected chi connectivity index (χ3v) is 0. The molecule has 4 heavy (non-hydrogen) atoms. The third-order valence-electron chi connectivity index (χ3n) is 0. The minimum atomic E-state index is 0. The van der Waals surface area contributed by atoms with E-state index in [1.54, 1.807) is 4.47 Å². The van der Waals surface area contributed by atoms with Crippen molar-refractivity contribution in [3.05, 3.63) is 7.43 Å². The second kappa shape index (κ2) is 10.7. The van der Waals surface area contributed by atoms with E-state index in [0.29, 0.717) is 17.9 Å². The Bertz CT molecular complexity index is 27.0. The summed E-state index contributed by atoms with van der Waals surface area (Å²) in [5.74, 6) is 0. The van der Waals surface area contributed by atoms with E-state index >= 15 is 0 Å². The van der Waals surface area contributed by atoms with Gasteiger partial charge in [-0.15, -0.1) is 0 Å². The fraction of sp³-hybridized carbons (Fsp3) is 0. The maximum absolute atomic E-state index is 8.74. The number of carbonyl (C=O) groups excluding carboxylic acids is 1. The van der Waals surface area contributed by atoms with E-state index in [0.717, 1.165) is 0 Å². The van der Waals surface area contributed by atoms with Crippen LogP contribution in [0.3, 0.4) is 0 Å². The van der Waals surface area contributed by atoms with E-state index in [-0.39, 0.29) is 7.43 Å². The van der Waals surface area contributed by atoms with Gasteiger partial charge in [0.25, 0.3) is 0 Å². The van der Waals surface area contributed by atoms with Crippen molar-refractivity contribution in [1.82, 2.24) is 0 Å². The molecular formula is C2H3OZn-. The van der Waals surface area contributed by atoms with Gasteiger partial charge < -0.3 is 7.43 Å². The van der Waals surface area contributed by atoms with Gasteiger partial charge in [-0.25, -0.2) is 0 Å². The summed E-state index contributed by atoms with van der Waals surface area (Å²) >= 11 is 0.639. The molecule has 0 aliphatic rings. The summed E-state index contributed by atoms with van der Waals surface area (Å²) in [7, 11) is 0. The normalized spacial score (nSPS) is 2.50. The van der Waals surface area contributed by atoms with Crippen LogP contribution in [0.25, 0.3) is 0 Å². The molecule has 0 heterocycles. The summed E-state index contributed by atoms with van der Waals surface area (Å²) in [6.45, 7) is 0. The first-order valence-electron chi connectivity index (χ1n) is 0.558. The maximum atomic E-state index is 8.74. The zero-order valence-corrected chi connectivity index (χ0v) is 5.58. The van der Waals surface area contributed by atoms with Crippen molar-refractivity contribution >= 4 is 4.47 Å². The molecule has 0 aliphatic heterocycles. The van der Waals surface area contributed by atoms with Crippen molar-refractivity contribution in [3.8, 4) is 0 Å². The summed E-state index contributed by atoms with van der Waals surface area (Å²) in [5.41, 5.74) is 0. The van der Waals surface area contributed by atoms with Gasteiger partial charge in [0.1, 0.15) is 0 Å². The Labute approximate surface area is 35.2 Å². The SMILES string of the molecule is O=[C]=[Zn].[CH3-]. The first kappa shape index (κ1) is 8.88.